The first-order chi connectivity index (χ1) is 10.7. The van der Waals surface area contributed by atoms with Crippen LogP contribution in [0.25, 0.3) is 4.96 Å². The normalized spacial score (nSPS) is 11.1. The number of amides is 1. The fourth-order valence-corrected chi connectivity index (χ4v) is 2.83. The van der Waals surface area contributed by atoms with E-state index in [1.807, 2.05) is 46.3 Å². The van der Waals surface area contributed by atoms with Crippen molar-refractivity contribution in [2.45, 2.75) is 0 Å². The summed E-state index contributed by atoms with van der Waals surface area (Å²) in [6.45, 7) is 0.134. The largest absolute Gasteiger partial charge is 0.376 e. The Morgan fingerprint density at radius 3 is 3.05 bits per heavy atom. The highest BCUT2D eigenvalue weighted by atomic mass is 35.5. The van der Waals surface area contributed by atoms with Crippen LogP contribution in [0.2, 0.25) is 5.15 Å². The number of thiazole rings is 1. The molecule has 0 saturated carbocycles. The molecule has 22 heavy (non-hydrogen) atoms. The first-order valence-corrected chi connectivity index (χ1v) is 7.71. The Morgan fingerprint density at radius 1 is 1.41 bits per heavy atom. The van der Waals surface area contributed by atoms with Gasteiger partial charge in [0, 0.05) is 17.3 Å². The zero-order valence-electron chi connectivity index (χ0n) is 11.4. The Morgan fingerprint density at radius 2 is 2.23 bits per heavy atom. The molecule has 0 unspecified atom stereocenters. The summed E-state index contributed by atoms with van der Waals surface area (Å²) in [5.74, 6) is -0.248. The number of aromatic nitrogens is 2. The van der Waals surface area contributed by atoms with Gasteiger partial charge in [-0.1, -0.05) is 29.8 Å². The van der Waals surface area contributed by atoms with Crippen molar-refractivity contribution in [3.8, 4) is 0 Å². The quantitative estimate of drug-likeness (QED) is 0.557. The Labute approximate surface area is 135 Å². The van der Waals surface area contributed by atoms with E-state index < -0.39 is 0 Å². The van der Waals surface area contributed by atoms with Gasteiger partial charge in [0.1, 0.15) is 5.69 Å². The number of nitrogens with one attached hydrogen (secondary N) is 2. The minimum atomic E-state index is -0.248. The molecule has 0 aliphatic rings. The van der Waals surface area contributed by atoms with E-state index in [1.165, 1.54) is 17.6 Å². The minimum absolute atomic E-state index is 0.134. The number of para-hydroxylation sites is 1. The summed E-state index contributed by atoms with van der Waals surface area (Å²) in [7, 11) is 0. The summed E-state index contributed by atoms with van der Waals surface area (Å²) >= 11 is 7.50. The number of nitrogens with zero attached hydrogens (tertiary/aromatic N) is 3. The van der Waals surface area contributed by atoms with Gasteiger partial charge in [-0.15, -0.1) is 11.3 Å². The summed E-state index contributed by atoms with van der Waals surface area (Å²) in [4.78, 5) is 16.7. The van der Waals surface area contributed by atoms with Gasteiger partial charge in [-0.3, -0.25) is 9.20 Å². The van der Waals surface area contributed by atoms with E-state index in [9.17, 15) is 4.79 Å². The lowest BCUT2D eigenvalue weighted by molar-refractivity contribution is -0.119. The summed E-state index contributed by atoms with van der Waals surface area (Å²) < 4.78 is 1.81. The van der Waals surface area contributed by atoms with Gasteiger partial charge in [-0.25, -0.2) is 10.4 Å². The number of carbonyl (C=O) groups excluding carboxylic acids is 1. The molecule has 0 aliphatic carbocycles. The highest BCUT2D eigenvalue weighted by Gasteiger charge is 2.08. The van der Waals surface area contributed by atoms with Crippen LogP contribution in [-0.4, -0.2) is 28.1 Å². The number of hydrazone groups is 1. The van der Waals surface area contributed by atoms with Crippen LogP contribution in [0.3, 0.4) is 0 Å². The van der Waals surface area contributed by atoms with Gasteiger partial charge < -0.3 is 5.32 Å². The van der Waals surface area contributed by atoms with Crippen molar-refractivity contribution in [1.82, 2.24) is 14.8 Å². The lowest BCUT2D eigenvalue weighted by atomic mass is 10.3. The lowest BCUT2D eigenvalue weighted by Crippen LogP contribution is -2.25. The molecule has 0 fully saturated rings. The molecule has 112 valence electrons. The Balaban J connectivity index is 1.56. The standard InChI is InChI=1S/C14H12ClN5OS/c15-13-11(20-6-7-22-14(20)18-13)8-17-19-12(21)9-16-10-4-2-1-3-5-10/h1-8,16H,9H2,(H,19,21)/b17-8-. The minimum Gasteiger partial charge on any atom is -0.376 e. The second kappa shape index (κ2) is 6.59. The Bertz CT molecular complexity index is 811. The van der Waals surface area contributed by atoms with Crippen LogP contribution >= 0.6 is 22.9 Å². The third-order valence-electron chi connectivity index (χ3n) is 2.86. The molecule has 0 saturated heterocycles. The molecule has 1 aromatic carbocycles. The molecule has 2 heterocycles. The smallest absolute Gasteiger partial charge is 0.259 e. The molecule has 8 heteroatoms. The fraction of sp³-hybridized carbons (Fsp3) is 0.0714. The number of anilines is 1. The third-order valence-corrected chi connectivity index (χ3v) is 3.89. The summed E-state index contributed by atoms with van der Waals surface area (Å²) in [6.07, 6.45) is 3.33. The highest BCUT2D eigenvalue weighted by Crippen LogP contribution is 2.19. The van der Waals surface area contributed by atoms with Gasteiger partial charge in [-0.05, 0) is 12.1 Å². The van der Waals surface area contributed by atoms with Gasteiger partial charge in [0.2, 0.25) is 0 Å². The number of halogens is 1. The number of rotatable bonds is 5. The van der Waals surface area contributed by atoms with Gasteiger partial charge in [0.25, 0.3) is 5.91 Å². The molecule has 2 N–H and O–H groups in total. The number of imidazole rings is 1. The van der Waals surface area contributed by atoms with Gasteiger partial charge in [0.15, 0.2) is 10.1 Å². The average molecular weight is 334 g/mol. The van der Waals surface area contributed by atoms with Crippen molar-refractivity contribution >= 4 is 45.7 Å². The van der Waals surface area contributed by atoms with Crippen LogP contribution in [0.15, 0.2) is 47.0 Å². The second-order valence-corrected chi connectivity index (χ2v) is 5.59. The predicted molar refractivity (Wildman–Crippen MR) is 88.7 cm³/mol. The summed E-state index contributed by atoms with van der Waals surface area (Å²) in [6, 6.07) is 9.47. The first-order valence-electron chi connectivity index (χ1n) is 6.46. The molecule has 0 aliphatic heterocycles. The second-order valence-electron chi connectivity index (χ2n) is 4.36. The van der Waals surface area contributed by atoms with Crippen molar-refractivity contribution in [3.05, 3.63) is 52.8 Å². The fourth-order valence-electron chi connectivity index (χ4n) is 1.84. The molecule has 1 amide bonds. The molecule has 3 aromatic rings. The topological polar surface area (TPSA) is 70.8 Å². The molecular formula is C14H12ClN5OS. The van der Waals surface area contributed by atoms with Crippen molar-refractivity contribution < 1.29 is 4.79 Å². The van der Waals surface area contributed by atoms with Crippen LogP contribution in [0.5, 0.6) is 0 Å². The van der Waals surface area contributed by atoms with Crippen LogP contribution in [0.4, 0.5) is 5.69 Å². The Kier molecular flexibility index (Phi) is 4.36. The monoisotopic (exact) mass is 333 g/mol. The zero-order chi connectivity index (χ0) is 15.4. The summed E-state index contributed by atoms with van der Waals surface area (Å²) in [5, 5.41) is 9.16. The molecule has 0 radical (unpaired) electrons. The summed E-state index contributed by atoms with van der Waals surface area (Å²) in [5.41, 5.74) is 3.96. The maximum absolute atomic E-state index is 11.7. The van der Waals surface area contributed by atoms with E-state index in [0.717, 1.165) is 10.6 Å². The van der Waals surface area contributed by atoms with E-state index in [0.29, 0.717) is 10.8 Å². The number of hydrogen-bond donors (Lipinski definition) is 2. The van der Waals surface area contributed by atoms with Gasteiger partial charge >= 0.3 is 0 Å². The lowest BCUT2D eigenvalue weighted by Gasteiger charge is -2.04. The Hall–Kier alpha value is -2.38. The maximum Gasteiger partial charge on any atom is 0.259 e. The van der Waals surface area contributed by atoms with E-state index in [4.69, 9.17) is 11.6 Å². The molecule has 0 spiro atoms. The van der Waals surface area contributed by atoms with Gasteiger partial charge in [-0.2, -0.15) is 5.10 Å². The van der Waals surface area contributed by atoms with Crippen molar-refractivity contribution in [2.24, 2.45) is 5.10 Å². The predicted octanol–water partition coefficient (Wildman–Crippen LogP) is 2.61. The number of benzene rings is 1. The van der Waals surface area contributed by atoms with Crippen LogP contribution in [0.1, 0.15) is 5.69 Å². The van der Waals surface area contributed by atoms with Crippen LogP contribution in [0, 0.1) is 0 Å². The number of hydrogen-bond acceptors (Lipinski definition) is 5. The number of fused-ring (bicyclic) bond motifs is 1. The molecule has 0 bridgehead atoms. The maximum atomic E-state index is 11.7. The van der Waals surface area contributed by atoms with Gasteiger partial charge in [0.05, 0.1) is 12.8 Å². The third kappa shape index (κ3) is 3.26. The van der Waals surface area contributed by atoms with Crippen LogP contribution in [-0.2, 0) is 4.79 Å². The molecule has 6 nitrogen and oxygen atoms in total. The SMILES string of the molecule is O=C(CNc1ccccc1)N/N=C\c1c(Cl)nc2sccn12. The van der Waals surface area contributed by atoms with E-state index in [1.54, 1.807) is 0 Å². The van der Waals surface area contributed by atoms with Crippen molar-refractivity contribution in [2.75, 3.05) is 11.9 Å². The van der Waals surface area contributed by atoms with Crippen molar-refractivity contribution in [1.29, 1.82) is 0 Å². The molecule has 3 rings (SSSR count). The molecule has 2 aromatic heterocycles. The highest BCUT2D eigenvalue weighted by molar-refractivity contribution is 7.15. The van der Waals surface area contributed by atoms with Crippen molar-refractivity contribution in [3.63, 3.8) is 0 Å². The van der Waals surface area contributed by atoms with Crippen LogP contribution < -0.4 is 10.7 Å². The van der Waals surface area contributed by atoms with E-state index in [-0.39, 0.29) is 12.5 Å². The van der Waals surface area contributed by atoms with E-state index >= 15 is 0 Å². The van der Waals surface area contributed by atoms with E-state index in [2.05, 4.69) is 20.8 Å². The average Bonchev–Trinajstić information content (AvgIpc) is 3.08. The number of carbonyl (C=O) groups is 1. The first kappa shape index (κ1) is 14.6. The molecule has 0 atom stereocenters. The molecular weight excluding hydrogens is 322 g/mol. The zero-order valence-corrected chi connectivity index (χ0v) is 12.9.